The van der Waals surface area contributed by atoms with Gasteiger partial charge in [-0.3, -0.25) is 0 Å². The molecule has 22 heavy (non-hydrogen) atoms. The lowest BCUT2D eigenvalue weighted by Gasteiger charge is -2.04. The molecule has 0 bridgehead atoms. The largest absolute Gasteiger partial charge is 0.223 e. The molecular weight excluding hydrogens is 301 g/mol. The second kappa shape index (κ2) is 5.22. The third-order valence-electron chi connectivity index (χ3n) is 4.07. The summed E-state index contributed by atoms with van der Waals surface area (Å²) in [5, 5.41) is 8.47. The number of hydrogen-bond acceptors (Lipinski definition) is 3. The van der Waals surface area contributed by atoms with E-state index in [0.29, 0.717) is 5.56 Å². The first-order valence-corrected chi connectivity index (χ1v) is 8.45. The van der Waals surface area contributed by atoms with Crippen LogP contribution in [0.25, 0.3) is 0 Å². The van der Waals surface area contributed by atoms with Crippen LogP contribution in [0.15, 0.2) is 53.4 Å². The normalized spacial score (nSPS) is 23.8. The first-order valence-electron chi connectivity index (χ1n) is 6.91. The second-order valence-corrected chi connectivity index (χ2v) is 7.66. The summed E-state index contributed by atoms with van der Waals surface area (Å²) in [5.74, 6) is -1.36. The molecule has 0 unspecified atom stereocenters. The predicted octanol–water partition coefficient (Wildman–Crippen LogP) is 3.21. The Kier molecular flexibility index (Phi) is 3.50. The summed E-state index contributed by atoms with van der Waals surface area (Å²) in [4.78, 5) is 0.230. The van der Waals surface area contributed by atoms with Crippen molar-refractivity contribution in [1.29, 1.82) is 5.26 Å². The topological polar surface area (TPSA) is 57.9 Å². The van der Waals surface area contributed by atoms with Crippen LogP contribution in [0.2, 0.25) is 0 Å². The SMILES string of the molecule is Cc1ccc(S(=O)(=O)[C@@H]2[C@@H](C#N)[C@@H]2c2ccc(F)cc2)cc1. The Labute approximate surface area is 128 Å². The predicted molar refractivity (Wildman–Crippen MR) is 80.4 cm³/mol. The van der Waals surface area contributed by atoms with Crippen LogP contribution < -0.4 is 0 Å². The van der Waals surface area contributed by atoms with E-state index in [2.05, 4.69) is 6.07 Å². The molecule has 1 saturated carbocycles. The number of sulfone groups is 1. The fraction of sp³-hybridized carbons (Fsp3) is 0.235. The first-order chi connectivity index (χ1) is 10.4. The van der Waals surface area contributed by atoms with Gasteiger partial charge in [-0.1, -0.05) is 29.8 Å². The van der Waals surface area contributed by atoms with Crippen molar-refractivity contribution >= 4 is 9.84 Å². The van der Waals surface area contributed by atoms with E-state index < -0.39 is 26.9 Å². The van der Waals surface area contributed by atoms with Crippen molar-refractivity contribution in [3.05, 3.63) is 65.5 Å². The maximum absolute atomic E-state index is 13.0. The molecular formula is C17H14FNO2S. The maximum Gasteiger partial charge on any atom is 0.183 e. The fourth-order valence-electron chi connectivity index (χ4n) is 2.79. The molecule has 0 amide bonds. The van der Waals surface area contributed by atoms with Crippen molar-refractivity contribution in [2.45, 2.75) is 23.0 Å². The van der Waals surface area contributed by atoms with Gasteiger partial charge in [0.05, 0.1) is 22.1 Å². The molecule has 2 aromatic carbocycles. The molecule has 0 radical (unpaired) electrons. The third-order valence-corrected chi connectivity index (χ3v) is 6.30. The van der Waals surface area contributed by atoms with E-state index in [0.717, 1.165) is 5.56 Å². The van der Waals surface area contributed by atoms with E-state index in [9.17, 15) is 18.1 Å². The van der Waals surface area contributed by atoms with Gasteiger partial charge in [0, 0.05) is 5.92 Å². The van der Waals surface area contributed by atoms with Crippen molar-refractivity contribution in [3.8, 4) is 6.07 Å². The number of nitriles is 1. The highest BCUT2D eigenvalue weighted by atomic mass is 32.2. The standard InChI is InChI=1S/C17H14FNO2S/c1-11-2-8-14(9-3-11)22(20,21)17-15(10-19)16(17)12-4-6-13(18)7-5-12/h2-9,15-17H,1H3/t15-,16-,17+/m0/s1. The fourth-order valence-corrected chi connectivity index (χ4v) is 4.86. The van der Waals surface area contributed by atoms with E-state index >= 15 is 0 Å². The summed E-state index contributed by atoms with van der Waals surface area (Å²) in [6.45, 7) is 1.88. The summed E-state index contributed by atoms with van der Waals surface area (Å²) < 4.78 is 38.4. The minimum Gasteiger partial charge on any atom is -0.223 e. The molecule has 3 rings (SSSR count). The molecule has 2 aromatic rings. The van der Waals surface area contributed by atoms with Crippen molar-refractivity contribution < 1.29 is 12.8 Å². The Morgan fingerprint density at radius 2 is 1.64 bits per heavy atom. The molecule has 0 aromatic heterocycles. The van der Waals surface area contributed by atoms with Crippen LogP contribution in [-0.4, -0.2) is 13.7 Å². The molecule has 0 spiro atoms. The van der Waals surface area contributed by atoms with Gasteiger partial charge in [0.25, 0.3) is 0 Å². The van der Waals surface area contributed by atoms with Crippen molar-refractivity contribution in [2.24, 2.45) is 5.92 Å². The Balaban J connectivity index is 1.95. The van der Waals surface area contributed by atoms with Gasteiger partial charge in [-0.15, -0.1) is 0 Å². The van der Waals surface area contributed by atoms with Gasteiger partial charge < -0.3 is 0 Å². The van der Waals surface area contributed by atoms with Gasteiger partial charge in [-0.05, 0) is 36.8 Å². The number of rotatable bonds is 3. The van der Waals surface area contributed by atoms with Crippen LogP contribution in [0, 0.1) is 30.0 Å². The van der Waals surface area contributed by atoms with Crippen LogP contribution in [-0.2, 0) is 9.84 Å². The van der Waals surface area contributed by atoms with E-state index in [-0.39, 0.29) is 10.7 Å². The summed E-state index contributed by atoms with van der Waals surface area (Å²) in [6, 6.07) is 14.4. The van der Waals surface area contributed by atoms with Crippen LogP contribution in [0.1, 0.15) is 17.0 Å². The van der Waals surface area contributed by atoms with Gasteiger partial charge >= 0.3 is 0 Å². The van der Waals surface area contributed by atoms with Gasteiger partial charge in [0.1, 0.15) is 5.82 Å². The monoisotopic (exact) mass is 315 g/mol. The average molecular weight is 315 g/mol. The molecule has 5 heteroatoms. The Hall–Kier alpha value is -2.19. The highest BCUT2D eigenvalue weighted by Crippen LogP contribution is 2.53. The molecule has 1 fully saturated rings. The summed E-state index contributed by atoms with van der Waals surface area (Å²) in [7, 11) is -3.57. The lowest BCUT2D eigenvalue weighted by atomic mass is 10.1. The number of nitrogens with zero attached hydrogens (tertiary/aromatic N) is 1. The zero-order chi connectivity index (χ0) is 15.9. The molecule has 3 nitrogen and oxygen atoms in total. The summed E-state index contributed by atoms with van der Waals surface area (Å²) in [5.41, 5.74) is 1.66. The van der Waals surface area contributed by atoms with Crippen LogP contribution in [0.3, 0.4) is 0 Å². The van der Waals surface area contributed by atoms with Crippen molar-refractivity contribution in [2.75, 3.05) is 0 Å². The zero-order valence-electron chi connectivity index (χ0n) is 11.9. The van der Waals surface area contributed by atoms with Crippen LogP contribution in [0.5, 0.6) is 0 Å². The molecule has 0 saturated heterocycles. The molecule has 3 atom stereocenters. The number of hydrogen-bond donors (Lipinski definition) is 0. The van der Waals surface area contributed by atoms with E-state index in [4.69, 9.17) is 0 Å². The number of halogens is 1. The summed E-state index contributed by atoms with van der Waals surface area (Å²) in [6.07, 6.45) is 0. The van der Waals surface area contributed by atoms with Gasteiger partial charge in [0.2, 0.25) is 0 Å². The zero-order valence-corrected chi connectivity index (χ0v) is 12.7. The Bertz CT molecular complexity index is 836. The van der Waals surface area contributed by atoms with Crippen molar-refractivity contribution in [1.82, 2.24) is 0 Å². The minimum absolute atomic E-state index is 0.230. The molecule has 1 aliphatic rings. The molecule has 0 heterocycles. The number of aryl methyl sites for hydroxylation is 1. The van der Waals surface area contributed by atoms with Crippen LogP contribution >= 0.6 is 0 Å². The highest BCUT2D eigenvalue weighted by Gasteiger charge is 2.59. The first kappa shape index (κ1) is 14.7. The average Bonchev–Trinajstić information content (AvgIpc) is 3.24. The summed E-state index contributed by atoms with van der Waals surface area (Å²) >= 11 is 0. The van der Waals surface area contributed by atoms with Gasteiger partial charge in [0.15, 0.2) is 9.84 Å². The highest BCUT2D eigenvalue weighted by molar-refractivity contribution is 7.92. The smallest absolute Gasteiger partial charge is 0.183 e. The minimum atomic E-state index is -3.57. The second-order valence-electron chi connectivity index (χ2n) is 5.55. The van der Waals surface area contributed by atoms with Gasteiger partial charge in [-0.25, -0.2) is 12.8 Å². The Morgan fingerprint density at radius 3 is 2.18 bits per heavy atom. The molecule has 1 aliphatic carbocycles. The van der Waals surface area contributed by atoms with Crippen LogP contribution in [0.4, 0.5) is 4.39 Å². The third kappa shape index (κ3) is 2.40. The number of benzene rings is 2. The molecule has 112 valence electrons. The van der Waals surface area contributed by atoms with Gasteiger partial charge in [-0.2, -0.15) is 5.26 Å². The van der Waals surface area contributed by atoms with E-state index in [1.54, 1.807) is 36.4 Å². The Morgan fingerprint density at radius 1 is 1.05 bits per heavy atom. The van der Waals surface area contributed by atoms with E-state index in [1.807, 2.05) is 6.92 Å². The quantitative estimate of drug-likeness (QED) is 0.874. The van der Waals surface area contributed by atoms with E-state index in [1.165, 1.54) is 12.1 Å². The van der Waals surface area contributed by atoms with Crippen molar-refractivity contribution in [3.63, 3.8) is 0 Å². The molecule has 0 aliphatic heterocycles. The lowest BCUT2D eigenvalue weighted by molar-refractivity contribution is 0.593. The lowest BCUT2D eigenvalue weighted by Crippen LogP contribution is -2.10. The molecule has 0 N–H and O–H groups in total. The maximum atomic E-state index is 13.0.